The second-order valence-corrected chi connectivity index (χ2v) is 8.88. The number of aromatic nitrogens is 2. The molecule has 2 aromatic heterocycles. The number of hydrogen-bond donors (Lipinski definition) is 1. The van der Waals surface area contributed by atoms with E-state index < -0.39 is 5.91 Å². The van der Waals surface area contributed by atoms with Gasteiger partial charge in [-0.2, -0.15) is 0 Å². The van der Waals surface area contributed by atoms with Gasteiger partial charge in [-0.3, -0.25) is 29.5 Å². The SMILES string of the molecule is Cc1nc2sc3c(c2c(=O)n1NC(=O)c1ccc(N2C(=O)CCC2=O)cc1)CCCC3. The lowest BCUT2D eigenvalue weighted by Crippen LogP contribution is -2.35. The van der Waals surface area contributed by atoms with Gasteiger partial charge >= 0.3 is 0 Å². The summed E-state index contributed by atoms with van der Waals surface area (Å²) < 4.78 is 1.20. The number of nitrogens with one attached hydrogen (secondary N) is 1. The first-order valence-corrected chi connectivity index (χ1v) is 11.1. The quantitative estimate of drug-likeness (QED) is 0.636. The van der Waals surface area contributed by atoms with Crippen LogP contribution in [-0.4, -0.2) is 27.4 Å². The molecule has 0 atom stereocenters. The number of rotatable bonds is 3. The molecule has 0 saturated carbocycles. The van der Waals surface area contributed by atoms with Crippen molar-refractivity contribution in [1.82, 2.24) is 9.66 Å². The summed E-state index contributed by atoms with van der Waals surface area (Å²) in [6.07, 6.45) is 4.39. The van der Waals surface area contributed by atoms with E-state index in [0.717, 1.165) is 41.0 Å². The van der Waals surface area contributed by atoms with Crippen LogP contribution in [0.15, 0.2) is 29.1 Å². The van der Waals surface area contributed by atoms with Gasteiger partial charge in [0.2, 0.25) is 11.8 Å². The van der Waals surface area contributed by atoms with Crippen molar-refractivity contribution in [1.29, 1.82) is 0 Å². The molecule has 9 heteroatoms. The molecule has 1 fully saturated rings. The highest BCUT2D eigenvalue weighted by Gasteiger charge is 2.30. The molecule has 1 aromatic carbocycles. The fraction of sp³-hybridized carbons (Fsp3) is 0.318. The lowest BCUT2D eigenvalue weighted by molar-refractivity contribution is -0.121. The Labute approximate surface area is 181 Å². The average molecular weight is 436 g/mol. The maximum Gasteiger partial charge on any atom is 0.281 e. The van der Waals surface area contributed by atoms with Gasteiger partial charge in [0.15, 0.2) is 0 Å². The predicted octanol–water partition coefficient (Wildman–Crippen LogP) is 2.68. The van der Waals surface area contributed by atoms with Crippen LogP contribution >= 0.6 is 11.3 Å². The molecule has 158 valence electrons. The monoisotopic (exact) mass is 436 g/mol. The molecule has 0 bridgehead atoms. The number of carbonyl (C=O) groups is 3. The molecule has 1 N–H and O–H groups in total. The van der Waals surface area contributed by atoms with Crippen molar-refractivity contribution in [3.63, 3.8) is 0 Å². The number of fused-ring (bicyclic) bond motifs is 3. The summed E-state index contributed by atoms with van der Waals surface area (Å²) >= 11 is 1.57. The number of amides is 3. The number of benzene rings is 1. The highest BCUT2D eigenvalue weighted by Crippen LogP contribution is 2.33. The minimum atomic E-state index is -0.471. The fourth-order valence-corrected chi connectivity index (χ4v) is 5.53. The summed E-state index contributed by atoms with van der Waals surface area (Å²) in [5.74, 6) is -0.555. The van der Waals surface area contributed by atoms with Crippen LogP contribution in [0.4, 0.5) is 5.69 Å². The Morgan fingerprint density at radius 3 is 2.39 bits per heavy atom. The van der Waals surface area contributed by atoms with Gasteiger partial charge in [0.1, 0.15) is 10.7 Å². The number of nitrogens with zero attached hydrogens (tertiary/aromatic N) is 3. The lowest BCUT2D eigenvalue weighted by atomic mass is 9.97. The second kappa shape index (κ2) is 7.42. The first-order chi connectivity index (χ1) is 14.9. The zero-order valence-corrected chi connectivity index (χ0v) is 17.8. The molecule has 1 saturated heterocycles. The van der Waals surface area contributed by atoms with Gasteiger partial charge < -0.3 is 0 Å². The van der Waals surface area contributed by atoms with Gasteiger partial charge in [-0.15, -0.1) is 11.3 Å². The minimum absolute atomic E-state index is 0.199. The third-order valence-electron chi connectivity index (χ3n) is 5.81. The van der Waals surface area contributed by atoms with E-state index in [-0.39, 0.29) is 30.2 Å². The number of hydrogen-bond acceptors (Lipinski definition) is 6. The number of anilines is 1. The Morgan fingerprint density at radius 2 is 1.68 bits per heavy atom. The third-order valence-corrected chi connectivity index (χ3v) is 6.99. The first-order valence-electron chi connectivity index (χ1n) is 10.2. The molecule has 2 aliphatic rings. The number of imide groups is 1. The molecule has 0 spiro atoms. The minimum Gasteiger partial charge on any atom is -0.274 e. The standard InChI is InChI=1S/C22H20N4O4S/c1-12-23-21-19(15-4-2-3-5-16(15)31-21)22(30)26(12)24-20(29)13-6-8-14(9-7-13)25-17(27)10-11-18(25)28/h6-9H,2-5,10-11H2,1H3,(H,24,29). The highest BCUT2D eigenvalue weighted by molar-refractivity contribution is 7.18. The van der Waals surface area contributed by atoms with E-state index in [0.29, 0.717) is 22.5 Å². The summed E-state index contributed by atoms with van der Waals surface area (Å²) in [5, 5.41) is 0.604. The second-order valence-electron chi connectivity index (χ2n) is 7.80. The van der Waals surface area contributed by atoms with Crippen LogP contribution in [0, 0.1) is 6.92 Å². The smallest absolute Gasteiger partial charge is 0.274 e. The van der Waals surface area contributed by atoms with Gasteiger partial charge in [-0.25, -0.2) is 9.66 Å². The van der Waals surface area contributed by atoms with Gasteiger partial charge in [-0.1, -0.05) is 0 Å². The zero-order valence-electron chi connectivity index (χ0n) is 16.9. The molecule has 3 heterocycles. The van der Waals surface area contributed by atoms with E-state index in [1.807, 2.05) is 0 Å². The van der Waals surface area contributed by atoms with Gasteiger partial charge in [0.05, 0.1) is 11.1 Å². The van der Waals surface area contributed by atoms with Gasteiger partial charge in [-0.05, 0) is 62.4 Å². The van der Waals surface area contributed by atoms with Crippen LogP contribution in [0.1, 0.15) is 52.3 Å². The summed E-state index contributed by atoms with van der Waals surface area (Å²) in [4.78, 5) is 57.4. The Hall–Kier alpha value is -3.33. The summed E-state index contributed by atoms with van der Waals surface area (Å²) in [6.45, 7) is 1.69. The number of carbonyl (C=O) groups excluding carboxylic acids is 3. The molecule has 1 aliphatic heterocycles. The Bertz CT molecular complexity index is 1290. The fourth-order valence-electron chi connectivity index (χ4n) is 4.23. The van der Waals surface area contributed by atoms with Crippen molar-refractivity contribution in [3.05, 3.63) is 56.4 Å². The largest absolute Gasteiger partial charge is 0.281 e. The molecule has 0 unspecified atom stereocenters. The summed E-state index contributed by atoms with van der Waals surface area (Å²) in [5.41, 5.74) is 4.19. The van der Waals surface area contributed by atoms with Crippen LogP contribution in [0.25, 0.3) is 10.2 Å². The molecular weight excluding hydrogens is 416 g/mol. The molecule has 31 heavy (non-hydrogen) atoms. The molecular formula is C22H20N4O4S. The van der Waals surface area contributed by atoms with E-state index in [4.69, 9.17) is 0 Å². The van der Waals surface area contributed by atoms with Crippen molar-refractivity contribution in [2.45, 2.75) is 45.4 Å². The van der Waals surface area contributed by atoms with Crippen LogP contribution in [-0.2, 0) is 22.4 Å². The van der Waals surface area contributed by atoms with Crippen LogP contribution in [0.5, 0.6) is 0 Å². The maximum atomic E-state index is 13.2. The Balaban J connectivity index is 1.44. The average Bonchev–Trinajstić information content (AvgIpc) is 3.30. The van der Waals surface area contributed by atoms with Crippen LogP contribution in [0.3, 0.4) is 0 Å². The number of aryl methyl sites for hydroxylation is 3. The topological polar surface area (TPSA) is 101 Å². The van der Waals surface area contributed by atoms with E-state index in [9.17, 15) is 19.2 Å². The Morgan fingerprint density at radius 1 is 1.00 bits per heavy atom. The van der Waals surface area contributed by atoms with E-state index >= 15 is 0 Å². The molecule has 0 radical (unpaired) electrons. The maximum absolute atomic E-state index is 13.2. The molecule has 3 amide bonds. The van der Waals surface area contributed by atoms with Crippen LogP contribution in [0.2, 0.25) is 0 Å². The van der Waals surface area contributed by atoms with Crippen molar-refractivity contribution in [2.24, 2.45) is 0 Å². The highest BCUT2D eigenvalue weighted by atomic mass is 32.1. The van der Waals surface area contributed by atoms with Crippen molar-refractivity contribution in [3.8, 4) is 0 Å². The van der Waals surface area contributed by atoms with Crippen LogP contribution < -0.4 is 15.9 Å². The molecule has 1 aliphatic carbocycles. The first kappa shape index (κ1) is 19.6. The van der Waals surface area contributed by atoms with E-state index in [1.165, 1.54) is 21.7 Å². The normalized spacial score (nSPS) is 16.1. The van der Waals surface area contributed by atoms with E-state index in [2.05, 4.69) is 10.4 Å². The molecule has 5 rings (SSSR count). The molecule has 8 nitrogen and oxygen atoms in total. The summed E-state index contributed by atoms with van der Waals surface area (Å²) in [7, 11) is 0. The third kappa shape index (κ3) is 3.25. The number of thiophene rings is 1. The van der Waals surface area contributed by atoms with Gasteiger partial charge in [0.25, 0.3) is 11.5 Å². The van der Waals surface area contributed by atoms with Crippen molar-refractivity contribution >= 4 is 45.0 Å². The molecule has 3 aromatic rings. The zero-order chi connectivity index (χ0) is 21.7. The predicted molar refractivity (Wildman–Crippen MR) is 117 cm³/mol. The summed E-state index contributed by atoms with van der Waals surface area (Å²) in [6, 6.07) is 6.18. The van der Waals surface area contributed by atoms with Crippen molar-refractivity contribution in [2.75, 3.05) is 10.3 Å². The van der Waals surface area contributed by atoms with E-state index in [1.54, 1.807) is 30.4 Å². The lowest BCUT2D eigenvalue weighted by Gasteiger charge is -2.15. The van der Waals surface area contributed by atoms with Crippen molar-refractivity contribution < 1.29 is 14.4 Å². The van der Waals surface area contributed by atoms with Gasteiger partial charge in [0, 0.05) is 23.3 Å². The Kier molecular flexibility index (Phi) is 4.70.